The summed E-state index contributed by atoms with van der Waals surface area (Å²) >= 11 is 0. The number of aryl methyl sites for hydroxylation is 1. The van der Waals surface area contributed by atoms with E-state index in [1.165, 1.54) is 12.8 Å². The van der Waals surface area contributed by atoms with Crippen molar-refractivity contribution in [2.45, 2.75) is 63.7 Å². The molecule has 1 N–H and O–H groups in total. The van der Waals surface area contributed by atoms with E-state index in [9.17, 15) is 0 Å². The molecule has 0 spiro atoms. The van der Waals surface area contributed by atoms with E-state index in [1.54, 1.807) is 12.7 Å². The molecule has 2 aliphatic rings. The van der Waals surface area contributed by atoms with Gasteiger partial charge in [0.25, 0.3) is 0 Å². The van der Waals surface area contributed by atoms with Crippen LogP contribution in [0.15, 0.2) is 17.6 Å². The van der Waals surface area contributed by atoms with Crippen LogP contribution in [0.2, 0.25) is 0 Å². The number of aliphatic imine (C=N–C) groups is 1. The van der Waals surface area contributed by atoms with Crippen LogP contribution < -0.4 is 5.32 Å². The molecule has 0 radical (unpaired) electrons. The fourth-order valence-electron chi connectivity index (χ4n) is 3.71. The van der Waals surface area contributed by atoms with Crippen LogP contribution in [0.25, 0.3) is 0 Å². The maximum Gasteiger partial charge on any atom is 0.193 e. The minimum atomic E-state index is 0.310. The van der Waals surface area contributed by atoms with Crippen LogP contribution in [-0.2, 0) is 16.0 Å². The number of nitrogens with zero attached hydrogens (tertiary/aromatic N) is 5. The number of piperidine rings is 1. The lowest BCUT2D eigenvalue weighted by Crippen LogP contribution is -2.47. The molecule has 3 heterocycles. The summed E-state index contributed by atoms with van der Waals surface area (Å²) in [6, 6.07) is 0. The zero-order valence-corrected chi connectivity index (χ0v) is 16.6. The highest BCUT2D eigenvalue weighted by molar-refractivity contribution is 5.79. The van der Waals surface area contributed by atoms with Crippen LogP contribution in [0, 0.1) is 0 Å². The van der Waals surface area contributed by atoms with Crippen molar-refractivity contribution in [1.29, 1.82) is 0 Å². The third-order valence-electron chi connectivity index (χ3n) is 5.34. The molecular formula is C19H34N6O2. The minimum Gasteiger partial charge on any atom is -0.376 e. The molecule has 0 aromatic carbocycles. The fraction of sp³-hybridized carbons (Fsp3) is 0.842. The first kappa shape index (κ1) is 20.1. The van der Waals surface area contributed by atoms with Gasteiger partial charge < -0.3 is 24.3 Å². The van der Waals surface area contributed by atoms with Gasteiger partial charge >= 0.3 is 0 Å². The molecule has 2 aliphatic heterocycles. The molecule has 1 atom stereocenters. The van der Waals surface area contributed by atoms with Crippen molar-refractivity contribution in [3.8, 4) is 0 Å². The summed E-state index contributed by atoms with van der Waals surface area (Å²) in [6.07, 6.45) is 12.1. The number of nitrogens with one attached hydrogen (secondary N) is 1. The van der Waals surface area contributed by atoms with Crippen molar-refractivity contribution in [2.75, 3.05) is 39.9 Å². The van der Waals surface area contributed by atoms with Crippen LogP contribution in [0.1, 0.15) is 44.9 Å². The van der Waals surface area contributed by atoms with E-state index in [4.69, 9.17) is 9.47 Å². The summed E-state index contributed by atoms with van der Waals surface area (Å²) in [5, 5.41) is 11.1. The van der Waals surface area contributed by atoms with E-state index in [-0.39, 0.29) is 0 Å². The van der Waals surface area contributed by atoms with Gasteiger partial charge in [-0.25, -0.2) is 0 Å². The summed E-state index contributed by atoms with van der Waals surface area (Å²) in [5.41, 5.74) is 0. The molecule has 2 fully saturated rings. The molecule has 1 aromatic rings. The van der Waals surface area contributed by atoms with Gasteiger partial charge in [-0.15, -0.1) is 10.2 Å². The maximum atomic E-state index is 6.11. The largest absolute Gasteiger partial charge is 0.376 e. The topological polar surface area (TPSA) is 76.8 Å². The average molecular weight is 379 g/mol. The Balaban J connectivity index is 1.27. The standard InChI is InChI=1S/C19H34N6O2/c1-20-19(21-9-3-4-10-24-15-22-23-16-24)25-11-7-17(8-12-25)27-14-18-6-2-5-13-26-18/h15-18H,2-14H2,1H3,(H,20,21). The van der Waals surface area contributed by atoms with Crippen molar-refractivity contribution >= 4 is 5.96 Å². The van der Waals surface area contributed by atoms with Crippen LogP contribution >= 0.6 is 0 Å². The first-order valence-corrected chi connectivity index (χ1v) is 10.4. The van der Waals surface area contributed by atoms with Gasteiger partial charge in [0.2, 0.25) is 0 Å². The maximum absolute atomic E-state index is 6.11. The third-order valence-corrected chi connectivity index (χ3v) is 5.34. The smallest absolute Gasteiger partial charge is 0.193 e. The van der Waals surface area contributed by atoms with E-state index in [2.05, 4.69) is 25.4 Å². The Morgan fingerprint density at radius 1 is 1.19 bits per heavy atom. The van der Waals surface area contributed by atoms with Gasteiger partial charge in [0.1, 0.15) is 12.7 Å². The molecule has 3 rings (SSSR count). The Hall–Kier alpha value is -1.67. The number of hydrogen-bond acceptors (Lipinski definition) is 5. The zero-order valence-electron chi connectivity index (χ0n) is 16.6. The van der Waals surface area contributed by atoms with Crippen molar-refractivity contribution in [2.24, 2.45) is 4.99 Å². The van der Waals surface area contributed by atoms with E-state index in [0.717, 1.165) is 77.5 Å². The number of rotatable bonds is 8. The second-order valence-corrected chi connectivity index (χ2v) is 7.39. The van der Waals surface area contributed by atoms with Gasteiger partial charge in [0.05, 0.1) is 18.8 Å². The summed E-state index contributed by atoms with van der Waals surface area (Å²) in [7, 11) is 1.86. The Labute approximate surface area is 162 Å². The van der Waals surface area contributed by atoms with Gasteiger partial charge in [-0.05, 0) is 44.9 Å². The molecule has 8 nitrogen and oxygen atoms in total. The van der Waals surface area contributed by atoms with E-state index in [1.807, 2.05) is 11.6 Å². The molecular weight excluding hydrogens is 344 g/mol. The van der Waals surface area contributed by atoms with Crippen molar-refractivity contribution < 1.29 is 9.47 Å². The summed E-state index contributed by atoms with van der Waals surface area (Å²) in [5.74, 6) is 1.01. The van der Waals surface area contributed by atoms with Gasteiger partial charge in [-0.3, -0.25) is 4.99 Å². The molecule has 152 valence electrons. The van der Waals surface area contributed by atoms with Gasteiger partial charge in [-0.2, -0.15) is 0 Å². The monoisotopic (exact) mass is 378 g/mol. The fourth-order valence-corrected chi connectivity index (χ4v) is 3.71. The lowest BCUT2D eigenvalue weighted by atomic mass is 10.1. The first-order valence-electron chi connectivity index (χ1n) is 10.4. The minimum absolute atomic E-state index is 0.310. The summed E-state index contributed by atoms with van der Waals surface area (Å²) in [4.78, 5) is 6.79. The Morgan fingerprint density at radius 3 is 2.70 bits per heavy atom. The lowest BCUT2D eigenvalue weighted by Gasteiger charge is -2.35. The molecule has 8 heteroatoms. The highest BCUT2D eigenvalue weighted by Crippen LogP contribution is 2.17. The lowest BCUT2D eigenvalue weighted by molar-refractivity contribution is -0.0721. The molecule has 27 heavy (non-hydrogen) atoms. The second-order valence-electron chi connectivity index (χ2n) is 7.39. The first-order chi connectivity index (χ1) is 13.3. The number of hydrogen-bond donors (Lipinski definition) is 1. The van der Waals surface area contributed by atoms with Crippen LogP contribution in [-0.4, -0.2) is 77.7 Å². The van der Waals surface area contributed by atoms with Crippen LogP contribution in [0.3, 0.4) is 0 Å². The van der Waals surface area contributed by atoms with Crippen molar-refractivity contribution in [3.05, 3.63) is 12.7 Å². The summed E-state index contributed by atoms with van der Waals surface area (Å²) < 4.78 is 13.9. The Bertz CT molecular complexity index is 536. The number of ether oxygens (including phenoxy) is 2. The quantitative estimate of drug-likeness (QED) is 0.421. The van der Waals surface area contributed by atoms with Gasteiger partial charge in [0.15, 0.2) is 5.96 Å². The molecule has 2 saturated heterocycles. The third kappa shape index (κ3) is 6.77. The zero-order chi connectivity index (χ0) is 18.7. The van der Waals surface area contributed by atoms with E-state index < -0.39 is 0 Å². The van der Waals surface area contributed by atoms with Crippen LogP contribution in [0.5, 0.6) is 0 Å². The average Bonchev–Trinajstić information content (AvgIpc) is 3.24. The molecule has 0 saturated carbocycles. The van der Waals surface area contributed by atoms with E-state index >= 15 is 0 Å². The molecule has 1 aromatic heterocycles. The highest BCUT2D eigenvalue weighted by atomic mass is 16.5. The number of aromatic nitrogens is 3. The number of guanidine groups is 1. The predicted molar refractivity (Wildman–Crippen MR) is 105 cm³/mol. The molecule has 1 unspecified atom stereocenters. The van der Waals surface area contributed by atoms with E-state index in [0.29, 0.717) is 12.2 Å². The van der Waals surface area contributed by atoms with Gasteiger partial charge in [0, 0.05) is 39.8 Å². The van der Waals surface area contributed by atoms with Crippen molar-refractivity contribution in [1.82, 2.24) is 25.0 Å². The normalized spacial score (nSPS) is 22.2. The molecule has 0 amide bonds. The highest BCUT2D eigenvalue weighted by Gasteiger charge is 2.23. The second kappa shape index (κ2) is 11.2. The predicted octanol–water partition coefficient (Wildman–Crippen LogP) is 1.68. The van der Waals surface area contributed by atoms with Crippen molar-refractivity contribution in [3.63, 3.8) is 0 Å². The number of unbranched alkanes of at least 4 members (excludes halogenated alkanes) is 1. The Morgan fingerprint density at radius 2 is 2.00 bits per heavy atom. The SMILES string of the molecule is CN=C(NCCCCn1cnnc1)N1CCC(OCC2CCCCO2)CC1. The number of likely N-dealkylation sites (tertiary alicyclic amines) is 1. The van der Waals surface area contributed by atoms with Crippen LogP contribution in [0.4, 0.5) is 0 Å². The Kier molecular flexibility index (Phi) is 8.35. The molecule has 0 aliphatic carbocycles. The molecule has 0 bridgehead atoms. The summed E-state index contributed by atoms with van der Waals surface area (Å²) in [6.45, 7) is 5.54. The van der Waals surface area contributed by atoms with Gasteiger partial charge in [-0.1, -0.05) is 0 Å².